The van der Waals surface area contributed by atoms with Crippen molar-refractivity contribution in [2.45, 2.75) is 58.3 Å². The number of guanidine groups is 1. The molecule has 154 valence electrons. The van der Waals surface area contributed by atoms with Gasteiger partial charge in [-0.3, -0.25) is 9.89 Å². The standard InChI is InChI=1S/C21H31N5O.HI/c1-15(2)20-11-19(27-25-20)12-23-21(22-4)24-18-10-16(3)26(14-18)13-17-8-6-5-7-9-17;/h5-9,11,15-16,18H,10,12-14H2,1-4H3,(H2,22,23,24);1H. The van der Waals surface area contributed by atoms with Crippen LogP contribution in [-0.2, 0) is 13.1 Å². The van der Waals surface area contributed by atoms with Crippen molar-refractivity contribution in [3.05, 3.63) is 53.4 Å². The summed E-state index contributed by atoms with van der Waals surface area (Å²) in [5, 5.41) is 11.0. The fraction of sp³-hybridized carbons (Fsp3) is 0.524. The molecular weight excluding hydrogens is 465 g/mol. The van der Waals surface area contributed by atoms with E-state index in [2.05, 4.69) is 76.8 Å². The van der Waals surface area contributed by atoms with Gasteiger partial charge in [-0.25, -0.2) is 0 Å². The van der Waals surface area contributed by atoms with Crippen LogP contribution in [0.4, 0.5) is 0 Å². The number of benzene rings is 1. The highest BCUT2D eigenvalue weighted by Crippen LogP contribution is 2.20. The summed E-state index contributed by atoms with van der Waals surface area (Å²) in [6.07, 6.45) is 1.10. The van der Waals surface area contributed by atoms with E-state index in [1.807, 2.05) is 6.07 Å². The average molecular weight is 497 g/mol. The van der Waals surface area contributed by atoms with E-state index in [4.69, 9.17) is 4.52 Å². The molecule has 0 bridgehead atoms. The number of hydrogen-bond donors (Lipinski definition) is 2. The molecule has 1 aliphatic heterocycles. The van der Waals surface area contributed by atoms with E-state index in [1.165, 1.54) is 5.56 Å². The fourth-order valence-corrected chi connectivity index (χ4v) is 3.48. The summed E-state index contributed by atoms with van der Waals surface area (Å²) in [7, 11) is 1.80. The van der Waals surface area contributed by atoms with Crippen molar-refractivity contribution in [3.63, 3.8) is 0 Å². The largest absolute Gasteiger partial charge is 0.359 e. The maximum Gasteiger partial charge on any atom is 0.191 e. The van der Waals surface area contributed by atoms with Crippen LogP contribution in [0.2, 0.25) is 0 Å². The number of hydrogen-bond acceptors (Lipinski definition) is 4. The summed E-state index contributed by atoms with van der Waals surface area (Å²) in [5.74, 6) is 2.00. The SMILES string of the molecule is CN=C(NCc1cc(C(C)C)no1)NC1CC(C)N(Cc2ccccc2)C1.I. The van der Waals surface area contributed by atoms with Crippen molar-refractivity contribution in [3.8, 4) is 0 Å². The summed E-state index contributed by atoms with van der Waals surface area (Å²) < 4.78 is 5.39. The molecule has 0 saturated carbocycles. The lowest BCUT2D eigenvalue weighted by molar-refractivity contribution is 0.258. The molecule has 6 nitrogen and oxygen atoms in total. The maximum atomic E-state index is 5.39. The first-order valence-corrected chi connectivity index (χ1v) is 9.75. The van der Waals surface area contributed by atoms with Crippen LogP contribution in [-0.4, -0.2) is 41.7 Å². The van der Waals surface area contributed by atoms with Gasteiger partial charge in [0.15, 0.2) is 11.7 Å². The van der Waals surface area contributed by atoms with Crippen LogP contribution in [0.3, 0.4) is 0 Å². The highest BCUT2D eigenvalue weighted by Gasteiger charge is 2.29. The summed E-state index contributed by atoms with van der Waals surface area (Å²) in [5.41, 5.74) is 2.34. The predicted molar refractivity (Wildman–Crippen MR) is 124 cm³/mol. The zero-order valence-electron chi connectivity index (χ0n) is 17.2. The molecule has 1 fully saturated rings. The number of likely N-dealkylation sites (tertiary alicyclic amines) is 1. The monoisotopic (exact) mass is 497 g/mol. The van der Waals surface area contributed by atoms with Gasteiger partial charge in [0.05, 0.1) is 12.2 Å². The van der Waals surface area contributed by atoms with Crippen molar-refractivity contribution >= 4 is 29.9 Å². The normalized spacial score (nSPS) is 20.2. The number of nitrogens with one attached hydrogen (secondary N) is 2. The van der Waals surface area contributed by atoms with Gasteiger partial charge < -0.3 is 15.2 Å². The minimum Gasteiger partial charge on any atom is -0.359 e. The Hall–Kier alpha value is -1.61. The van der Waals surface area contributed by atoms with Gasteiger partial charge in [-0.1, -0.05) is 49.3 Å². The van der Waals surface area contributed by atoms with E-state index in [0.29, 0.717) is 24.5 Å². The molecule has 0 aliphatic carbocycles. The average Bonchev–Trinajstić information content (AvgIpc) is 3.27. The van der Waals surface area contributed by atoms with Gasteiger partial charge in [0, 0.05) is 38.3 Å². The van der Waals surface area contributed by atoms with Crippen molar-refractivity contribution in [2.75, 3.05) is 13.6 Å². The van der Waals surface area contributed by atoms with Crippen molar-refractivity contribution in [2.24, 2.45) is 4.99 Å². The molecule has 2 aromatic rings. The molecule has 2 N–H and O–H groups in total. The molecule has 7 heteroatoms. The molecule has 0 amide bonds. The minimum absolute atomic E-state index is 0. The molecule has 3 rings (SSSR count). The Morgan fingerprint density at radius 3 is 2.71 bits per heavy atom. The second kappa shape index (κ2) is 10.8. The summed E-state index contributed by atoms with van der Waals surface area (Å²) in [6, 6.07) is 13.6. The van der Waals surface area contributed by atoms with E-state index in [0.717, 1.165) is 36.9 Å². The zero-order chi connectivity index (χ0) is 19.2. The molecule has 2 unspecified atom stereocenters. The first kappa shape index (κ1) is 22.7. The Bertz CT molecular complexity index is 746. The van der Waals surface area contributed by atoms with E-state index < -0.39 is 0 Å². The number of rotatable bonds is 6. The Morgan fingerprint density at radius 1 is 1.32 bits per heavy atom. The third-order valence-electron chi connectivity index (χ3n) is 5.10. The number of nitrogens with zero attached hydrogens (tertiary/aromatic N) is 3. The summed E-state index contributed by atoms with van der Waals surface area (Å²) >= 11 is 0. The van der Waals surface area contributed by atoms with Crippen molar-refractivity contribution < 1.29 is 4.52 Å². The van der Waals surface area contributed by atoms with Gasteiger partial charge in [0.1, 0.15) is 0 Å². The maximum absolute atomic E-state index is 5.39. The smallest absolute Gasteiger partial charge is 0.191 e. The van der Waals surface area contributed by atoms with Gasteiger partial charge >= 0.3 is 0 Å². The van der Waals surface area contributed by atoms with Gasteiger partial charge in [-0.15, -0.1) is 24.0 Å². The number of aliphatic imine (C=N–C) groups is 1. The first-order chi connectivity index (χ1) is 13.0. The molecule has 1 aromatic heterocycles. The Kier molecular flexibility index (Phi) is 8.75. The van der Waals surface area contributed by atoms with Crippen LogP contribution in [0.25, 0.3) is 0 Å². The fourth-order valence-electron chi connectivity index (χ4n) is 3.48. The lowest BCUT2D eigenvalue weighted by Crippen LogP contribution is -2.44. The predicted octanol–water partition coefficient (Wildman–Crippen LogP) is 3.74. The molecule has 1 saturated heterocycles. The summed E-state index contributed by atoms with van der Waals surface area (Å²) in [6.45, 7) is 9.09. The van der Waals surface area contributed by atoms with Gasteiger partial charge in [0.25, 0.3) is 0 Å². The molecule has 0 spiro atoms. The second-order valence-corrected chi connectivity index (χ2v) is 7.64. The highest BCUT2D eigenvalue weighted by molar-refractivity contribution is 14.0. The van der Waals surface area contributed by atoms with Crippen molar-refractivity contribution in [1.82, 2.24) is 20.7 Å². The Morgan fingerprint density at radius 2 is 2.07 bits per heavy atom. The number of aromatic nitrogens is 1. The zero-order valence-corrected chi connectivity index (χ0v) is 19.5. The highest BCUT2D eigenvalue weighted by atomic mass is 127. The molecule has 28 heavy (non-hydrogen) atoms. The Balaban J connectivity index is 0.00000280. The van der Waals surface area contributed by atoms with E-state index in [1.54, 1.807) is 7.05 Å². The van der Waals surface area contributed by atoms with Gasteiger partial charge in [-0.2, -0.15) is 0 Å². The van der Waals surface area contributed by atoms with E-state index in [-0.39, 0.29) is 24.0 Å². The quantitative estimate of drug-likeness (QED) is 0.362. The lowest BCUT2D eigenvalue weighted by Gasteiger charge is -2.21. The van der Waals surface area contributed by atoms with Crippen molar-refractivity contribution in [1.29, 1.82) is 0 Å². The molecule has 1 aromatic carbocycles. The molecule has 2 atom stereocenters. The number of halogens is 1. The Labute approximate surface area is 185 Å². The van der Waals surface area contributed by atoms with E-state index in [9.17, 15) is 0 Å². The van der Waals surface area contributed by atoms with Crippen LogP contribution in [0, 0.1) is 0 Å². The first-order valence-electron chi connectivity index (χ1n) is 9.75. The minimum atomic E-state index is 0. The van der Waals surface area contributed by atoms with Gasteiger partial charge in [0.2, 0.25) is 0 Å². The van der Waals surface area contributed by atoms with E-state index >= 15 is 0 Å². The molecular formula is C21H32IN5O. The topological polar surface area (TPSA) is 65.7 Å². The molecule has 1 aliphatic rings. The molecule has 0 radical (unpaired) electrons. The summed E-state index contributed by atoms with van der Waals surface area (Å²) in [4.78, 5) is 6.88. The second-order valence-electron chi connectivity index (χ2n) is 7.64. The third-order valence-corrected chi connectivity index (χ3v) is 5.10. The van der Waals surface area contributed by atoms with Crippen LogP contribution < -0.4 is 10.6 Å². The van der Waals surface area contributed by atoms with Crippen LogP contribution in [0.5, 0.6) is 0 Å². The van der Waals surface area contributed by atoms with Crippen LogP contribution in [0.15, 0.2) is 45.9 Å². The van der Waals surface area contributed by atoms with Gasteiger partial charge in [-0.05, 0) is 24.8 Å². The van der Waals surface area contributed by atoms with Crippen LogP contribution >= 0.6 is 24.0 Å². The molecule has 2 heterocycles. The lowest BCUT2D eigenvalue weighted by atomic mass is 10.1. The third kappa shape index (κ3) is 6.20. The van der Waals surface area contributed by atoms with Crippen LogP contribution in [0.1, 0.15) is 50.1 Å².